The van der Waals surface area contributed by atoms with Crippen molar-refractivity contribution in [2.24, 2.45) is 0 Å². The molecule has 0 saturated carbocycles. The number of aryl methyl sites for hydroxylation is 1. The summed E-state index contributed by atoms with van der Waals surface area (Å²) in [5, 5.41) is 3.69. The first-order chi connectivity index (χ1) is 8.19. The van der Waals surface area contributed by atoms with E-state index in [1.165, 1.54) is 24.9 Å². The number of piperidine rings is 1. The predicted molar refractivity (Wildman–Crippen MR) is 72.1 cm³/mol. The van der Waals surface area contributed by atoms with Gasteiger partial charge in [0.15, 0.2) is 0 Å². The van der Waals surface area contributed by atoms with Crippen LogP contribution >= 0.6 is 0 Å². The zero-order valence-electron chi connectivity index (χ0n) is 11.3. The van der Waals surface area contributed by atoms with Gasteiger partial charge in [0.2, 0.25) is 0 Å². The van der Waals surface area contributed by atoms with E-state index < -0.39 is 0 Å². The van der Waals surface area contributed by atoms with Gasteiger partial charge in [-0.15, -0.1) is 0 Å². The smallest absolute Gasteiger partial charge is 0.0223 e. The van der Waals surface area contributed by atoms with Crippen LogP contribution in [0.4, 0.5) is 0 Å². The quantitative estimate of drug-likeness (QED) is 0.862. The summed E-state index contributed by atoms with van der Waals surface area (Å²) in [5.74, 6) is 0. The summed E-state index contributed by atoms with van der Waals surface area (Å²) >= 11 is 0. The van der Waals surface area contributed by atoms with E-state index in [1.807, 2.05) is 0 Å². The number of aromatic nitrogens is 1. The van der Waals surface area contributed by atoms with E-state index in [-0.39, 0.29) is 0 Å². The van der Waals surface area contributed by atoms with Crippen molar-refractivity contribution in [1.82, 2.24) is 14.8 Å². The SMILES string of the molecule is CCn1ccc(CNC2CCN(C)C(C)C2)c1. The van der Waals surface area contributed by atoms with Crippen LogP contribution in [-0.4, -0.2) is 35.1 Å². The third-order valence-electron chi connectivity index (χ3n) is 3.98. The molecular weight excluding hydrogens is 210 g/mol. The van der Waals surface area contributed by atoms with E-state index in [0.29, 0.717) is 12.1 Å². The molecular formula is C14H25N3. The van der Waals surface area contributed by atoms with Gasteiger partial charge in [0, 0.05) is 37.6 Å². The maximum absolute atomic E-state index is 3.69. The average Bonchev–Trinajstić information content (AvgIpc) is 2.79. The fourth-order valence-electron chi connectivity index (χ4n) is 2.53. The molecule has 1 saturated heterocycles. The molecule has 1 aromatic heterocycles. The Morgan fingerprint density at radius 1 is 1.47 bits per heavy atom. The monoisotopic (exact) mass is 235 g/mol. The Labute approximate surface area is 105 Å². The van der Waals surface area contributed by atoms with Crippen molar-refractivity contribution in [2.75, 3.05) is 13.6 Å². The van der Waals surface area contributed by atoms with Crippen LogP contribution in [-0.2, 0) is 13.1 Å². The molecule has 2 atom stereocenters. The van der Waals surface area contributed by atoms with Crippen molar-refractivity contribution in [2.45, 2.75) is 51.9 Å². The van der Waals surface area contributed by atoms with Gasteiger partial charge in [-0.2, -0.15) is 0 Å². The number of likely N-dealkylation sites (tertiary alicyclic amines) is 1. The third kappa shape index (κ3) is 3.33. The van der Waals surface area contributed by atoms with E-state index in [2.05, 4.69) is 54.1 Å². The maximum atomic E-state index is 3.69. The maximum Gasteiger partial charge on any atom is 0.0223 e. The highest BCUT2D eigenvalue weighted by Gasteiger charge is 2.21. The minimum absolute atomic E-state index is 0.686. The van der Waals surface area contributed by atoms with Crippen molar-refractivity contribution in [3.63, 3.8) is 0 Å². The number of hydrogen-bond acceptors (Lipinski definition) is 2. The number of rotatable bonds is 4. The Bertz CT molecular complexity index is 345. The summed E-state index contributed by atoms with van der Waals surface area (Å²) in [4.78, 5) is 2.45. The molecule has 1 N–H and O–H groups in total. The van der Waals surface area contributed by atoms with Crippen molar-refractivity contribution < 1.29 is 0 Å². The lowest BCUT2D eigenvalue weighted by atomic mass is 9.99. The first-order valence-electron chi connectivity index (χ1n) is 6.77. The van der Waals surface area contributed by atoms with Gasteiger partial charge in [-0.3, -0.25) is 0 Å². The molecule has 2 rings (SSSR count). The highest BCUT2D eigenvalue weighted by molar-refractivity contribution is 5.10. The largest absolute Gasteiger partial charge is 0.354 e. The Hall–Kier alpha value is -0.800. The molecule has 1 aliphatic heterocycles. The van der Waals surface area contributed by atoms with Crippen LogP contribution in [0.3, 0.4) is 0 Å². The van der Waals surface area contributed by atoms with Gasteiger partial charge >= 0.3 is 0 Å². The van der Waals surface area contributed by atoms with Crippen LogP contribution < -0.4 is 5.32 Å². The molecule has 0 radical (unpaired) electrons. The highest BCUT2D eigenvalue weighted by Crippen LogP contribution is 2.15. The minimum atomic E-state index is 0.686. The van der Waals surface area contributed by atoms with E-state index in [9.17, 15) is 0 Å². The Morgan fingerprint density at radius 3 is 2.94 bits per heavy atom. The molecule has 96 valence electrons. The van der Waals surface area contributed by atoms with Gasteiger partial charge in [0.25, 0.3) is 0 Å². The Kier molecular flexibility index (Phi) is 4.24. The summed E-state index contributed by atoms with van der Waals surface area (Å²) in [6, 6.07) is 3.61. The van der Waals surface area contributed by atoms with Crippen molar-refractivity contribution in [3.05, 3.63) is 24.0 Å². The van der Waals surface area contributed by atoms with Gasteiger partial charge in [-0.1, -0.05) is 0 Å². The van der Waals surface area contributed by atoms with Crippen LogP contribution in [0, 0.1) is 0 Å². The van der Waals surface area contributed by atoms with Gasteiger partial charge in [0.05, 0.1) is 0 Å². The predicted octanol–water partition coefficient (Wildman–Crippen LogP) is 2.08. The van der Waals surface area contributed by atoms with Crippen LogP contribution in [0.2, 0.25) is 0 Å². The lowest BCUT2D eigenvalue weighted by Crippen LogP contribution is -2.45. The Balaban J connectivity index is 1.78. The fourth-order valence-corrected chi connectivity index (χ4v) is 2.53. The first-order valence-corrected chi connectivity index (χ1v) is 6.77. The van der Waals surface area contributed by atoms with Crippen LogP contribution in [0.25, 0.3) is 0 Å². The second kappa shape index (κ2) is 5.69. The first kappa shape index (κ1) is 12.7. The second-order valence-electron chi connectivity index (χ2n) is 5.28. The van der Waals surface area contributed by atoms with E-state index >= 15 is 0 Å². The van der Waals surface area contributed by atoms with Crippen LogP contribution in [0.1, 0.15) is 32.3 Å². The number of hydrogen-bond donors (Lipinski definition) is 1. The minimum Gasteiger partial charge on any atom is -0.354 e. The molecule has 1 aliphatic rings. The standard InChI is InChI=1S/C14H25N3/c1-4-17-8-5-13(11-17)10-15-14-6-7-16(3)12(2)9-14/h5,8,11-12,14-15H,4,6-7,9-10H2,1-3H3. The lowest BCUT2D eigenvalue weighted by molar-refractivity contribution is 0.168. The number of nitrogens with one attached hydrogen (secondary N) is 1. The van der Waals surface area contributed by atoms with Crippen molar-refractivity contribution >= 4 is 0 Å². The summed E-state index contributed by atoms with van der Waals surface area (Å²) in [6.45, 7) is 7.78. The summed E-state index contributed by atoms with van der Waals surface area (Å²) in [6.07, 6.45) is 6.94. The summed E-state index contributed by atoms with van der Waals surface area (Å²) in [7, 11) is 2.22. The molecule has 0 spiro atoms. The van der Waals surface area contributed by atoms with E-state index in [0.717, 1.165) is 13.1 Å². The van der Waals surface area contributed by atoms with E-state index in [4.69, 9.17) is 0 Å². The third-order valence-corrected chi connectivity index (χ3v) is 3.98. The summed E-state index contributed by atoms with van der Waals surface area (Å²) < 4.78 is 2.23. The van der Waals surface area contributed by atoms with Crippen molar-refractivity contribution in [1.29, 1.82) is 0 Å². The molecule has 1 aromatic rings. The van der Waals surface area contributed by atoms with Gasteiger partial charge in [0.1, 0.15) is 0 Å². The lowest BCUT2D eigenvalue weighted by Gasteiger charge is -2.35. The van der Waals surface area contributed by atoms with E-state index in [1.54, 1.807) is 0 Å². The molecule has 0 aliphatic carbocycles. The molecule has 3 nitrogen and oxygen atoms in total. The van der Waals surface area contributed by atoms with Gasteiger partial charge in [-0.25, -0.2) is 0 Å². The molecule has 1 fully saturated rings. The van der Waals surface area contributed by atoms with Gasteiger partial charge in [-0.05, 0) is 51.9 Å². The fraction of sp³-hybridized carbons (Fsp3) is 0.714. The second-order valence-corrected chi connectivity index (χ2v) is 5.28. The zero-order chi connectivity index (χ0) is 12.3. The van der Waals surface area contributed by atoms with Crippen LogP contribution in [0.5, 0.6) is 0 Å². The molecule has 0 aromatic carbocycles. The molecule has 2 unspecified atom stereocenters. The summed E-state index contributed by atoms with van der Waals surface area (Å²) in [5.41, 5.74) is 1.40. The molecule has 0 amide bonds. The highest BCUT2D eigenvalue weighted by atomic mass is 15.1. The average molecular weight is 235 g/mol. The molecule has 2 heterocycles. The zero-order valence-corrected chi connectivity index (χ0v) is 11.3. The van der Waals surface area contributed by atoms with Crippen molar-refractivity contribution in [3.8, 4) is 0 Å². The van der Waals surface area contributed by atoms with Crippen LogP contribution in [0.15, 0.2) is 18.5 Å². The van der Waals surface area contributed by atoms with Gasteiger partial charge < -0.3 is 14.8 Å². The molecule has 3 heteroatoms. The molecule has 17 heavy (non-hydrogen) atoms. The Morgan fingerprint density at radius 2 is 2.29 bits per heavy atom. The molecule has 0 bridgehead atoms. The normalized spacial score (nSPS) is 26.3. The number of nitrogens with zero attached hydrogens (tertiary/aromatic N) is 2. The topological polar surface area (TPSA) is 20.2 Å².